The number of halogens is 1. The highest BCUT2D eigenvalue weighted by atomic mass is 35.5. The number of anilines is 2. The van der Waals surface area contributed by atoms with Crippen LogP contribution in [0.3, 0.4) is 0 Å². The summed E-state index contributed by atoms with van der Waals surface area (Å²) < 4.78 is 0. The Bertz CT molecular complexity index is 554. The Labute approximate surface area is 136 Å². The first-order chi connectivity index (χ1) is 10.4. The number of alkyl halides is 1. The van der Waals surface area contributed by atoms with Gasteiger partial charge in [-0.1, -0.05) is 48.9 Å². The van der Waals surface area contributed by atoms with E-state index in [0.29, 0.717) is 0 Å². The lowest BCUT2D eigenvalue weighted by atomic mass is 10.1. The summed E-state index contributed by atoms with van der Waals surface area (Å²) in [5.41, 5.74) is 2.69. The smallest absolute Gasteiger partial charge is 0.0552 e. The van der Waals surface area contributed by atoms with E-state index in [0.717, 1.165) is 18.8 Å². The first kappa shape index (κ1) is 14.8. The van der Waals surface area contributed by atoms with E-state index in [-0.39, 0.29) is 0 Å². The molecule has 1 aliphatic heterocycles. The van der Waals surface area contributed by atoms with Gasteiger partial charge in [-0.2, -0.15) is 0 Å². The lowest BCUT2D eigenvalue weighted by Crippen LogP contribution is -2.21. The van der Waals surface area contributed by atoms with Crippen LogP contribution in [-0.2, 0) is 0 Å². The van der Waals surface area contributed by atoms with Gasteiger partial charge >= 0.3 is 0 Å². The minimum atomic E-state index is 0.784. The molecule has 3 rings (SSSR count). The van der Waals surface area contributed by atoms with Crippen LogP contribution in [0.15, 0.2) is 58.3 Å². The normalized spacial score (nSPS) is 12.9. The van der Waals surface area contributed by atoms with E-state index in [9.17, 15) is 0 Å². The van der Waals surface area contributed by atoms with Crippen LogP contribution in [0.4, 0.5) is 11.4 Å². The van der Waals surface area contributed by atoms with Gasteiger partial charge in [-0.3, -0.25) is 0 Å². The molecular weight excluding hydrogens is 298 g/mol. The van der Waals surface area contributed by atoms with Gasteiger partial charge in [0, 0.05) is 22.2 Å². The van der Waals surface area contributed by atoms with Crippen molar-refractivity contribution in [2.24, 2.45) is 0 Å². The first-order valence-electron chi connectivity index (χ1n) is 7.59. The monoisotopic (exact) mass is 317 g/mol. The fraction of sp³-hybridized carbons (Fsp3) is 0.333. The lowest BCUT2D eigenvalue weighted by molar-refractivity contribution is 0.668. The lowest BCUT2D eigenvalue weighted by Gasteiger charge is -2.32. The second kappa shape index (κ2) is 7.24. The molecule has 0 atom stereocenters. The zero-order valence-electron chi connectivity index (χ0n) is 12.1. The number of benzene rings is 2. The van der Waals surface area contributed by atoms with Crippen LogP contribution < -0.4 is 4.90 Å². The molecule has 0 amide bonds. The van der Waals surface area contributed by atoms with Gasteiger partial charge in [-0.15, -0.1) is 11.6 Å². The molecule has 0 aromatic heterocycles. The SMILES string of the molecule is ClCCCCCCN1c2ccccc2Sc2ccccc21. The standard InChI is InChI=1S/C18H20ClNS/c19-13-7-1-2-8-14-20-15-9-3-5-11-17(15)21-18-12-6-4-10-16(18)20/h3-6,9-12H,1-2,7-8,13-14H2. The largest absolute Gasteiger partial charge is 0.340 e. The van der Waals surface area contributed by atoms with Gasteiger partial charge in [0.15, 0.2) is 0 Å². The number of nitrogens with zero attached hydrogens (tertiary/aromatic N) is 1. The second-order valence-corrected chi connectivity index (χ2v) is 6.75. The summed E-state index contributed by atoms with van der Waals surface area (Å²) in [6, 6.07) is 17.4. The number of hydrogen-bond acceptors (Lipinski definition) is 2. The molecule has 0 N–H and O–H groups in total. The summed E-state index contributed by atoms with van der Waals surface area (Å²) in [6.45, 7) is 1.08. The molecule has 110 valence electrons. The van der Waals surface area contributed by atoms with E-state index in [1.807, 2.05) is 11.8 Å². The van der Waals surface area contributed by atoms with Gasteiger partial charge in [-0.05, 0) is 37.1 Å². The molecule has 21 heavy (non-hydrogen) atoms. The number of fused-ring (bicyclic) bond motifs is 2. The van der Waals surface area contributed by atoms with E-state index in [1.54, 1.807) is 0 Å². The van der Waals surface area contributed by atoms with E-state index in [4.69, 9.17) is 11.6 Å². The maximum Gasteiger partial charge on any atom is 0.0552 e. The molecule has 3 heteroatoms. The molecule has 0 saturated heterocycles. The number of para-hydroxylation sites is 2. The maximum absolute atomic E-state index is 5.75. The molecule has 0 aliphatic carbocycles. The van der Waals surface area contributed by atoms with Crippen LogP contribution in [0, 0.1) is 0 Å². The molecule has 2 aromatic rings. The third kappa shape index (κ3) is 3.38. The fourth-order valence-electron chi connectivity index (χ4n) is 2.74. The van der Waals surface area contributed by atoms with Gasteiger partial charge in [-0.25, -0.2) is 0 Å². The Hall–Kier alpha value is -1.12. The third-order valence-corrected chi connectivity index (χ3v) is 5.19. The third-order valence-electron chi connectivity index (χ3n) is 3.80. The number of hydrogen-bond donors (Lipinski definition) is 0. The second-order valence-electron chi connectivity index (χ2n) is 5.29. The van der Waals surface area contributed by atoms with E-state index in [1.165, 1.54) is 40.4 Å². The summed E-state index contributed by atoms with van der Waals surface area (Å²) >= 11 is 7.62. The summed E-state index contributed by atoms with van der Waals surface area (Å²) in [5, 5.41) is 0. The van der Waals surface area contributed by atoms with Crippen molar-refractivity contribution in [1.82, 2.24) is 0 Å². The first-order valence-corrected chi connectivity index (χ1v) is 8.94. The zero-order chi connectivity index (χ0) is 14.5. The maximum atomic E-state index is 5.75. The van der Waals surface area contributed by atoms with Crippen molar-refractivity contribution in [3.63, 3.8) is 0 Å². The molecular formula is C18H20ClNS. The molecule has 0 fully saturated rings. The minimum Gasteiger partial charge on any atom is -0.340 e. The Balaban J connectivity index is 1.78. The van der Waals surface area contributed by atoms with E-state index < -0.39 is 0 Å². The van der Waals surface area contributed by atoms with Gasteiger partial charge in [0.05, 0.1) is 11.4 Å². The summed E-state index contributed by atoms with van der Waals surface area (Å²) in [7, 11) is 0. The van der Waals surface area contributed by atoms with Crippen molar-refractivity contribution in [2.75, 3.05) is 17.3 Å². The predicted octanol–water partition coefficient (Wildman–Crippen LogP) is 6.09. The number of unbranched alkanes of at least 4 members (excludes halogenated alkanes) is 3. The van der Waals surface area contributed by atoms with Crippen LogP contribution >= 0.6 is 23.4 Å². The van der Waals surface area contributed by atoms with E-state index >= 15 is 0 Å². The molecule has 2 aromatic carbocycles. The Morgan fingerprint density at radius 2 is 1.33 bits per heavy atom. The minimum absolute atomic E-state index is 0.784. The average molecular weight is 318 g/mol. The highest BCUT2D eigenvalue weighted by Gasteiger charge is 2.21. The number of rotatable bonds is 6. The van der Waals surface area contributed by atoms with Gasteiger partial charge in [0.25, 0.3) is 0 Å². The van der Waals surface area contributed by atoms with Gasteiger partial charge < -0.3 is 4.90 Å². The van der Waals surface area contributed by atoms with Gasteiger partial charge in [0.2, 0.25) is 0 Å². The van der Waals surface area contributed by atoms with Crippen molar-refractivity contribution in [3.05, 3.63) is 48.5 Å². The van der Waals surface area contributed by atoms with Crippen LogP contribution in [0.25, 0.3) is 0 Å². The molecule has 0 spiro atoms. The van der Waals surface area contributed by atoms with Crippen molar-refractivity contribution in [2.45, 2.75) is 35.5 Å². The van der Waals surface area contributed by atoms with Crippen LogP contribution in [0.2, 0.25) is 0 Å². The van der Waals surface area contributed by atoms with Crippen molar-refractivity contribution < 1.29 is 0 Å². The molecule has 1 aliphatic rings. The van der Waals surface area contributed by atoms with Crippen molar-refractivity contribution in [1.29, 1.82) is 0 Å². The highest BCUT2D eigenvalue weighted by Crippen LogP contribution is 2.47. The quantitative estimate of drug-likeness (QED) is 0.468. The Morgan fingerprint density at radius 3 is 1.95 bits per heavy atom. The van der Waals surface area contributed by atoms with Crippen LogP contribution in [-0.4, -0.2) is 12.4 Å². The molecule has 0 bridgehead atoms. The molecule has 0 unspecified atom stereocenters. The predicted molar refractivity (Wildman–Crippen MR) is 93.2 cm³/mol. The Morgan fingerprint density at radius 1 is 0.762 bits per heavy atom. The van der Waals surface area contributed by atoms with Crippen molar-refractivity contribution >= 4 is 34.7 Å². The average Bonchev–Trinajstić information content (AvgIpc) is 2.53. The zero-order valence-corrected chi connectivity index (χ0v) is 13.7. The van der Waals surface area contributed by atoms with Crippen molar-refractivity contribution in [3.8, 4) is 0 Å². The summed E-state index contributed by atoms with van der Waals surface area (Å²) in [4.78, 5) is 5.19. The fourth-order valence-corrected chi connectivity index (χ4v) is 4.02. The molecule has 1 heterocycles. The Kier molecular flexibility index (Phi) is 5.10. The topological polar surface area (TPSA) is 3.24 Å². The van der Waals surface area contributed by atoms with Crippen LogP contribution in [0.5, 0.6) is 0 Å². The van der Waals surface area contributed by atoms with Crippen LogP contribution in [0.1, 0.15) is 25.7 Å². The molecule has 0 saturated carbocycles. The summed E-state index contributed by atoms with van der Waals surface area (Å²) in [6.07, 6.45) is 4.82. The molecule has 0 radical (unpaired) electrons. The van der Waals surface area contributed by atoms with Gasteiger partial charge in [0.1, 0.15) is 0 Å². The van der Waals surface area contributed by atoms with E-state index in [2.05, 4.69) is 53.4 Å². The highest BCUT2D eigenvalue weighted by molar-refractivity contribution is 7.99. The molecule has 1 nitrogen and oxygen atoms in total. The summed E-state index contributed by atoms with van der Waals surface area (Å²) in [5.74, 6) is 0.784.